The zero-order valence-corrected chi connectivity index (χ0v) is 10.4. The second-order valence-electron chi connectivity index (χ2n) is 5.37. The van der Waals surface area contributed by atoms with E-state index in [0.717, 1.165) is 43.0 Å². The van der Waals surface area contributed by atoms with Gasteiger partial charge in [-0.3, -0.25) is 0 Å². The predicted octanol–water partition coefficient (Wildman–Crippen LogP) is 1.59. The smallest absolute Gasteiger partial charge is 0.226 e. The third-order valence-electron chi connectivity index (χ3n) is 3.91. The van der Waals surface area contributed by atoms with Gasteiger partial charge in [-0.15, -0.1) is 0 Å². The van der Waals surface area contributed by atoms with Crippen LogP contribution in [0.3, 0.4) is 0 Å². The first-order valence-corrected chi connectivity index (χ1v) is 6.42. The SMILES string of the molecule is Cc1cc(C)nc(N2C3CCC2CC(O)C3)n1. The van der Waals surface area contributed by atoms with Gasteiger partial charge in [-0.1, -0.05) is 0 Å². The molecule has 2 aliphatic rings. The van der Waals surface area contributed by atoms with Gasteiger partial charge >= 0.3 is 0 Å². The molecule has 2 aliphatic heterocycles. The highest BCUT2D eigenvalue weighted by molar-refractivity contribution is 5.38. The monoisotopic (exact) mass is 233 g/mol. The van der Waals surface area contributed by atoms with Crippen LogP contribution in [0.15, 0.2) is 6.07 Å². The van der Waals surface area contributed by atoms with Crippen molar-refractivity contribution in [2.45, 2.75) is 57.7 Å². The van der Waals surface area contributed by atoms with Crippen molar-refractivity contribution in [1.29, 1.82) is 0 Å². The summed E-state index contributed by atoms with van der Waals surface area (Å²) in [7, 11) is 0. The predicted molar refractivity (Wildman–Crippen MR) is 66.0 cm³/mol. The highest BCUT2D eigenvalue weighted by Crippen LogP contribution is 2.37. The number of piperidine rings is 1. The van der Waals surface area contributed by atoms with Crippen LogP contribution in [0.2, 0.25) is 0 Å². The van der Waals surface area contributed by atoms with Crippen molar-refractivity contribution >= 4 is 5.95 Å². The van der Waals surface area contributed by atoms with Gasteiger partial charge in [0.15, 0.2) is 0 Å². The molecule has 92 valence electrons. The van der Waals surface area contributed by atoms with Gasteiger partial charge < -0.3 is 10.0 Å². The number of anilines is 1. The van der Waals surface area contributed by atoms with E-state index < -0.39 is 0 Å². The maximum absolute atomic E-state index is 9.80. The Bertz CT molecular complexity index is 400. The maximum Gasteiger partial charge on any atom is 0.226 e. The number of aliphatic hydroxyl groups excluding tert-OH is 1. The zero-order valence-electron chi connectivity index (χ0n) is 10.4. The number of aromatic nitrogens is 2. The Morgan fingerprint density at radius 1 is 1.12 bits per heavy atom. The van der Waals surface area contributed by atoms with Gasteiger partial charge in [-0.25, -0.2) is 9.97 Å². The summed E-state index contributed by atoms with van der Waals surface area (Å²) in [6.45, 7) is 4.03. The zero-order chi connectivity index (χ0) is 12.0. The van der Waals surface area contributed by atoms with Crippen LogP contribution in [-0.4, -0.2) is 33.3 Å². The number of aryl methyl sites for hydroxylation is 2. The molecule has 4 heteroatoms. The lowest BCUT2D eigenvalue weighted by Crippen LogP contribution is -2.45. The molecule has 3 rings (SSSR count). The number of hydrogen-bond acceptors (Lipinski definition) is 4. The van der Waals surface area contributed by atoms with E-state index in [0.29, 0.717) is 12.1 Å². The Balaban J connectivity index is 1.94. The molecule has 2 atom stereocenters. The van der Waals surface area contributed by atoms with Crippen LogP contribution in [-0.2, 0) is 0 Å². The van der Waals surface area contributed by atoms with E-state index in [9.17, 15) is 5.11 Å². The van der Waals surface area contributed by atoms with E-state index >= 15 is 0 Å². The highest BCUT2D eigenvalue weighted by Gasteiger charge is 2.41. The van der Waals surface area contributed by atoms with Crippen LogP contribution >= 0.6 is 0 Å². The van der Waals surface area contributed by atoms with Crippen LogP contribution in [0.25, 0.3) is 0 Å². The number of hydrogen-bond donors (Lipinski definition) is 1. The van der Waals surface area contributed by atoms with Crippen LogP contribution in [0, 0.1) is 13.8 Å². The van der Waals surface area contributed by atoms with Crippen molar-refractivity contribution in [3.8, 4) is 0 Å². The fraction of sp³-hybridized carbons (Fsp3) is 0.692. The second kappa shape index (κ2) is 3.95. The molecular formula is C13H19N3O. The molecule has 4 nitrogen and oxygen atoms in total. The minimum Gasteiger partial charge on any atom is -0.393 e. The average Bonchev–Trinajstić information content (AvgIpc) is 2.50. The lowest BCUT2D eigenvalue weighted by molar-refractivity contribution is 0.125. The first-order chi connectivity index (χ1) is 8.13. The molecule has 0 aromatic carbocycles. The largest absolute Gasteiger partial charge is 0.393 e. The third kappa shape index (κ3) is 1.90. The molecule has 17 heavy (non-hydrogen) atoms. The highest BCUT2D eigenvalue weighted by atomic mass is 16.3. The van der Waals surface area contributed by atoms with E-state index in [4.69, 9.17) is 0 Å². The molecule has 3 heterocycles. The van der Waals surface area contributed by atoms with Crippen LogP contribution in [0.1, 0.15) is 37.1 Å². The van der Waals surface area contributed by atoms with Gasteiger partial charge in [0.05, 0.1) is 6.10 Å². The first kappa shape index (κ1) is 11.0. The lowest BCUT2D eigenvalue weighted by Gasteiger charge is -2.37. The third-order valence-corrected chi connectivity index (χ3v) is 3.91. The molecule has 2 unspecified atom stereocenters. The number of aliphatic hydroxyl groups is 1. The standard InChI is InChI=1S/C13H19N3O/c1-8-5-9(2)15-13(14-8)16-10-3-4-11(16)7-12(17)6-10/h5,10-12,17H,3-4,6-7H2,1-2H3. The van der Waals surface area contributed by atoms with Gasteiger partial charge in [-0.2, -0.15) is 0 Å². The first-order valence-electron chi connectivity index (χ1n) is 6.42. The van der Waals surface area contributed by atoms with Crippen molar-refractivity contribution < 1.29 is 5.11 Å². The average molecular weight is 233 g/mol. The molecule has 0 saturated carbocycles. The van der Waals surface area contributed by atoms with Gasteiger partial charge in [0.25, 0.3) is 0 Å². The normalized spacial score (nSPS) is 31.9. The summed E-state index contributed by atoms with van der Waals surface area (Å²) in [4.78, 5) is 11.5. The Morgan fingerprint density at radius 2 is 1.65 bits per heavy atom. The van der Waals surface area contributed by atoms with Gasteiger partial charge in [-0.05, 0) is 45.6 Å². The molecule has 0 radical (unpaired) electrons. The van der Waals surface area contributed by atoms with Gasteiger partial charge in [0.1, 0.15) is 0 Å². The van der Waals surface area contributed by atoms with E-state index in [1.807, 2.05) is 19.9 Å². The molecule has 0 spiro atoms. The molecule has 1 aromatic heterocycles. The minimum atomic E-state index is -0.130. The summed E-state index contributed by atoms with van der Waals surface area (Å²) in [6, 6.07) is 2.87. The second-order valence-corrected chi connectivity index (χ2v) is 5.37. The number of fused-ring (bicyclic) bond motifs is 2. The lowest BCUT2D eigenvalue weighted by atomic mass is 10.0. The Labute approximate surface area is 102 Å². The molecule has 2 saturated heterocycles. The number of rotatable bonds is 1. The molecule has 0 aliphatic carbocycles. The van der Waals surface area contributed by atoms with E-state index in [-0.39, 0.29) is 6.10 Å². The Hall–Kier alpha value is -1.16. The summed E-state index contributed by atoms with van der Waals surface area (Å²) < 4.78 is 0. The summed E-state index contributed by atoms with van der Waals surface area (Å²) in [6.07, 6.45) is 3.94. The Kier molecular flexibility index (Phi) is 2.54. The summed E-state index contributed by atoms with van der Waals surface area (Å²) in [5, 5.41) is 9.80. The molecule has 2 bridgehead atoms. The quantitative estimate of drug-likeness (QED) is 0.800. The van der Waals surface area contributed by atoms with Gasteiger partial charge in [0.2, 0.25) is 5.95 Å². The fourth-order valence-corrected chi connectivity index (χ4v) is 3.30. The molecule has 2 fully saturated rings. The van der Waals surface area contributed by atoms with Gasteiger partial charge in [0, 0.05) is 23.5 Å². The van der Waals surface area contributed by atoms with Crippen molar-refractivity contribution in [2.75, 3.05) is 4.90 Å². The minimum absolute atomic E-state index is 0.130. The molecule has 1 N–H and O–H groups in total. The molecule has 0 amide bonds. The maximum atomic E-state index is 9.80. The van der Waals surface area contributed by atoms with E-state index in [1.54, 1.807) is 0 Å². The van der Waals surface area contributed by atoms with Crippen molar-refractivity contribution in [1.82, 2.24) is 9.97 Å². The summed E-state index contributed by atoms with van der Waals surface area (Å²) >= 11 is 0. The molecule has 1 aromatic rings. The van der Waals surface area contributed by atoms with Crippen LogP contribution in [0.4, 0.5) is 5.95 Å². The summed E-state index contributed by atoms with van der Waals surface area (Å²) in [5.41, 5.74) is 2.05. The van der Waals surface area contributed by atoms with Crippen LogP contribution < -0.4 is 4.90 Å². The van der Waals surface area contributed by atoms with Crippen molar-refractivity contribution in [2.24, 2.45) is 0 Å². The molecular weight excluding hydrogens is 214 g/mol. The summed E-state index contributed by atoms with van der Waals surface area (Å²) in [5.74, 6) is 0.863. The topological polar surface area (TPSA) is 49.2 Å². The van der Waals surface area contributed by atoms with E-state index in [2.05, 4.69) is 14.9 Å². The number of nitrogens with zero attached hydrogens (tertiary/aromatic N) is 3. The Morgan fingerprint density at radius 3 is 2.18 bits per heavy atom. The van der Waals surface area contributed by atoms with Crippen LogP contribution in [0.5, 0.6) is 0 Å². The van der Waals surface area contributed by atoms with E-state index in [1.165, 1.54) is 0 Å². The fourth-order valence-electron chi connectivity index (χ4n) is 3.30. The van der Waals surface area contributed by atoms with Crippen molar-refractivity contribution in [3.63, 3.8) is 0 Å². The van der Waals surface area contributed by atoms with Crippen molar-refractivity contribution in [3.05, 3.63) is 17.5 Å².